The standard InChI is InChI=1S/C11H12Br2N2/c12-8-4-3-5-9(13)11(8)15-7-2-1-6-10(15)14/h3-5,14H,1-2,6-7H2. The van der Waals surface area contributed by atoms with Crippen molar-refractivity contribution < 1.29 is 0 Å². The molecule has 1 aliphatic heterocycles. The summed E-state index contributed by atoms with van der Waals surface area (Å²) in [5.41, 5.74) is 1.09. The number of hydrogen-bond donors (Lipinski definition) is 1. The predicted molar refractivity (Wildman–Crippen MR) is 70.8 cm³/mol. The lowest BCUT2D eigenvalue weighted by Crippen LogP contribution is -2.35. The summed E-state index contributed by atoms with van der Waals surface area (Å²) in [5.74, 6) is 0.717. The van der Waals surface area contributed by atoms with Crippen molar-refractivity contribution in [2.45, 2.75) is 19.3 Å². The molecule has 1 fully saturated rings. The van der Waals surface area contributed by atoms with Crippen LogP contribution in [0.15, 0.2) is 27.1 Å². The number of rotatable bonds is 1. The maximum absolute atomic E-state index is 7.96. The van der Waals surface area contributed by atoms with E-state index in [9.17, 15) is 0 Å². The van der Waals surface area contributed by atoms with Crippen LogP contribution in [-0.2, 0) is 0 Å². The summed E-state index contributed by atoms with van der Waals surface area (Å²) in [6.45, 7) is 0.944. The molecule has 0 saturated carbocycles. The summed E-state index contributed by atoms with van der Waals surface area (Å²) >= 11 is 7.08. The Morgan fingerprint density at radius 3 is 2.40 bits per heavy atom. The number of piperidine rings is 1. The second kappa shape index (κ2) is 4.66. The fraction of sp³-hybridized carbons (Fsp3) is 0.364. The molecular formula is C11H12Br2N2. The normalized spacial score (nSPS) is 16.9. The molecule has 1 aromatic carbocycles. The van der Waals surface area contributed by atoms with Crippen LogP contribution in [0.25, 0.3) is 0 Å². The number of anilines is 1. The summed E-state index contributed by atoms with van der Waals surface area (Å²) in [6.07, 6.45) is 3.18. The van der Waals surface area contributed by atoms with Gasteiger partial charge in [0.1, 0.15) is 5.84 Å². The zero-order valence-corrected chi connectivity index (χ0v) is 11.4. The molecule has 0 unspecified atom stereocenters. The molecular weight excluding hydrogens is 320 g/mol. The van der Waals surface area contributed by atoms with Gasteiger partial charge in [0.05, 0.1) is 5.69 Å². The molecule has 1 heterocycles. The number of para-hydroxylation sites is 1. The summed E-state index contributed by atoms with van der Waals surface area (Å²) in [4.78, 5) is 2.08. The first kappa shape index (κ1) is 11.1. The van der Waals surface area contributed by atoms with E-state index in [1.54, 1.807) is 0 Å². The van der Waals surface area contributed by atoms with E-state index in [0.29, 0.717) is 5.84 Å². The third kappa shape index (κ3) is 2.26. The minimum atomic E-state index is 0.717. The SMILES string of the molecule is N=C1CCCCN1c1c(Br)cccc1Br. The monoisotopic (exact) mass is 330 g/mol. The van der Waals surface area contributed by atoms with Gasteiger partial charge < -0.3 is 4.90 Å². The smallest absolute Gasteiger partial charge is 0.100 e. The summed E-state index contributed by atoms with van der Waals surface area (Å²) in [7, 11) is 0. The molecule has 1 aromatic rings. The van der Waals surface area contributed by atoms with Gasteiger partial charge in [0.2, 0.25) is 0 Å². The molecule has 1 N–H and O–H groups in total. The van der Waals surface area contributed by atoms with E-state index in [4.69, 9.17) is 5.41 Å². The van der Waals surface area contributed by atoms with E-state index in [0.717, 1.165) is 40.4 Å². The maximum atomic E-state index is 7.96. The first-order chi connectivity index (χ1) is 7.20. The number of nitrogens with zero attached hydrogens (tertiary/aromatic N) is 1. The highest BCUT2D eigenvalue weighted by Crippen LogP contribution is 2.35. The van der Waals surface area contributed by atoms with Gasteiger partial charge in [-0.3, -0.25) is 5.41 Å². The first-order valence-electron chi connectivity index (χ1n) is 4.99. The molecule has 2 rings (SSSR count). The highest BCUT2D eigenvalue weighted by molar-refractivity contribution is 9.11. The minimum Gasteiger partial charge on any atom is -0.328 e. The highest BCUT2D eigenvalue weighted by atomic mass is 79.9. The predicted octanol–water partition coefficient (Wildman–Crippen LogP) is 4.18. The van der Waals surface area contributed by atoms with Gasteiger partial charge >= 0.3 is 0 Å². The molecule has 80 valence electrons. The topological polar surface area (TPSA) is 27.1 Å². The van der Waals surface area contributed by atoms with Gasteiger partial charge in [0, 0.05) is 21.9 Å². The zero-order valence-electron chi connectivity index (χ0n) is 8.26. The van der Waals surface area contributed by atoms with Crippen LogP contribution in [0.4, 0.5) is 5.69 Å². The van der Waals surface area contributed by atoms with E-state index in [-0.39, 0.29) is 0 Å². The Balaban J connectivity index is 2.39. The Bertz CT molecular complexity index is 370. The maximum Gasteiger partial charge on any atom is 0.100 e. The van der Waals surface area contributed by atoms with Gasteiger partial charge in [-0.05, 0) is 56.8 Å². The Kier molecular flexibility index (Phi) is 3.46. The van der Waals surface area contributed by atoms with Crippen molar-refractivity contribution in [3.8, 4) is 0 Å². The van der Waals surface area contributed by atoms with Gasteiger partial charge in [-0.15, -0.1) is 0 Å². The van der Waals surface area contributed by atoms with Crippen LogP contribution < -0.4 is 4.90 Å². The van der Waals surface area contributed by atoms with Crippen molar-refractivity contribution in [2.75, 3.05) is 11.4 Å². The van der Waals surface area contributed by atoms with Crippen LogP contribution in [-0.4, -0.2) is 12.4 Å². The molecule has 0 amide bonds. The summed E-state index contributed by atoms with van der Waals surface area (Å²) < 4.78 is 2.09. The Hall–Kier alpha value is -0.350. The van der Waals surface area contributed by atoms with Crippen LogP contribution in [0.1, 0.15) is 19.3 Å². The highest BCUT2D eigenvalue weighted by Gasteiger charge is 2.20. The van der Waals surface area contributed by atoms with Gasteiger partial charge in [0.25, 0.3) is 0 Å². The molecule has 2 nitrogen and oxygen atoms in total. The van der Waals surface area contributed by atoms with Crippen molar-refractivity contribution in [1.29, 1.82) is 5.41 Å². The van der Waals surface area contributed by atoms with Crippen molar-refractivity contribution in [2.24, 2.45) is 0 Å². The third-order valence-electron chi connectivity index (χ3n) is 2.58. The minimum absolute atomic E-state index is 0.717. The Labute approximate surface area is 106 Å². The molecule has 0 aromatic heterocycles. The van der Waals surface area contributed by atoms with E-state index in [2.05, 4.69) is 36.8 Å². The van der Waals surface area contributed by atoms with Crippen molar-refractivity contribution in [1.82, 2.24) is 0 Å². The molecule has 1 saturated heterocycles. The fourth-order valence-corrected chi connectivity index (χ4v) is 3.25. The molecule has 15 heavy (non-hydrogen) atoms. The van der Waals surface area contributed by atoms with Gasteiger partial charge in [0.15, 0.2) is 0 Å². The van der Waals surface area contributed by atoms with Gasteiger partial charge in [-0.2, -0.15) is 0 Å². The van der Waals surface area contributed by atoms with Gasteiger partial charge in [-0.1, -0.05) is 6.07 Å². The lowest BCUT2D eigenvalue weighted by Gasteiger charge is -2.30. The lowest BCUT2D eigenvalue weighted by atomic mass is 10.1. The van der Waals surface area contributed by atoms with E-state index in [1.807, 2.05) is 18.2 Å². The van der Waals surface area contributed by atoms with Crippen molar-refractivity contribution >= 4 is 43.4 Å². The van der Waals surface area contributed by atoms with E-state index in [1.165, 1.54) is 0 Å². The third-order valence-corrected chi connectivity index (χ3v) is 3.86. The van der Waals surface area contributed by atoms with Crippen LogP contribution in [0.3, 0.4) is 0 Å². The lowest BCUT2D eigenvalue weighted by molar-refractivity contribution is 0.706. The Morgan fingerprint density at radius 2 is 1.80 bits per heavy atom. The van der Waals surface area contributed by atoms with Crippen LogP contribution >= 0.6 is 31.9 Å². The fourth-order valence-electron chi connectivity index (χ4n) is 1.83. The number of benzene rings is 1. The van der Waals surface area contributed by atoms with Crippen LogP contribution in [0, 0.1) is 5.41 Å². The first-order valence-corrected chi connectivity index (χ1v) is 6.57. The molecule has 0 spiro atoms. The average Bonchev–Trinajstić information content (AvgIpc) is 2.20. The number of hydrogen-bond acceptors (Lipinski definition) is 1. The molecule has 0 atom stereocenters. The molecule has 4 heteroatoms. The second-order valence-electron chi connectivity index (χ2n) is 3.63. The molecule has 1 aliphatic rings. The van der Waals surface area contributed by atoms with Crippen molar-refractivity contribution in [3.63, 3.8) is 0 Å². The summed E-state index contributed by atoms with van der Waals surface area (Å²) in [6, 6.07) is 6.02. The average molecular weight is 332 g/mol. The van der Waals surface area contributed by atoms with E-state index < -0.39 is 0 Å². The molecule has 0 radical (unpaired) electrons. The van der Waals surface area contributed by atoms with Crippen molar-refractivity contribution in [3.05, 3.63) is 27.1 Å². The van der Waals surface area contributed by atoms with Crippen LogP contribution in [0.2, 0.25) is 0 Å². The number of nitrogens with one attached hydrogen (secondary N) is 1. The number of halogens is 2. The zero-order chi connectivity index (χ0) is 10.8. The second-order valence-corrected chi connectivity index (χ2v) is 5.33. The van der Waals surface area contributed by atoms with E-state index >= 15 is 0 Å². The van der Waals surface area contributed by atoms with Crippen LogP contribution in [0.5, 0.6) is 0 Å². The Morgan fingerprint density at radius 1 is 1.13 bits per heavy atom. The quantitative estimate of drug-likeness (QED) is 0.821. The summed E-state index contributed by atoms with van der Waals surface area (Å²) in [5, 5.41) is 7.96. The number of amidine groups is 1. The van der Waals surface area contributed by atoms with Gasteiger partial charge in [-0.25, -0.2) is 0 Å². The molecule has 0 aliphatic carbocycles. The largest absolute Gasteiger partial charge is 0.328 e. The molecule has 0 bridgehead atoms.